The van der Waals surface area contributed by atoms with Gasteiger partial charge in [0.1, 0.15) is 0 Å². The molecule has 13 heavy (non-hydrogen) atoms. The van der Waals surface area contributed by atoms with Crippen LogP contribution in [0.2, 0.25) is 0 Å². The Morgan fingerprint density at radius 3 is 2.31 bits per heavy atom. The van der Waals surface area contributed by atoms with E-state index in [-0.39, 0.29) is 6.10 Å². The van der Waals surface area contributed by atoms with Crippen molar-refractivity contribution in [3.05, 3.63) is 0 Å². The summed E-state index contributed by atoms with van der Waals surface area (Å²) in [5.41, 5.74) is 0. The fourth-order valence-electron chi connectivity index (χ4n) is 1.45. The molecule has 0 amide bonds. The van der Waals surface area contributed by atoms with Crippen LogP contribution in [0.25, 0.3) is 0 Å². The van der Waals surface area contributed by atoms with Crippen LogP contribution in [0.1, 0.15) is 46.5 Å². The first-order valence-electron chi connectivity index (χ1n) is 5.51. The number of aliphatic hydroxyl groups is 1. The average Bonchev–Trinajstić information content (AvgIpc) is 2.15. The van der Waals surface area contributed by atoms with Crippen molar-refractivity contribution in [2.45, 2.75) is 58.6 Å². The van der Waals surface area contributed by atoms with Crippen LogP contribution in [0.5, 0.6) is 0 Å². The molecule has 0 saturated heterocycles. The number of unbranched alkanes of at least 4 members (excludes halogenated alkanes) is 2. The predicted octanol–water partition coefficient (Wildman–Crippen LogP) is 2.27. The Morgan fingerprint density at radius 1 is 1.23 bits per heavy atom. The Bertz CT molecular complexity index is 117. The van der Waals surface area contributed by atoms with E-state index < -0.39 is 0 Å². The Balaban J connectivity index is 3.62. The fourth-order valence-corrected chi connectivity index (χ4v) is 1.45. The molecule has 0 spiro atoms. The molecule has 0 radical (unpaired) electrons. The molecule has 0 aromatic heterocycles. The highest BCUT2D eigenvalue weighted by Gasteiger charge is 2.15. The minimum atomic E-state index is -0.174. The second-order valence-corrected chi connectivity index (χ2v) is 3.90. The van der Waals surface area contributed by atoms with E-state index >= 15 is 0 Å². The zero-order chi connectivity index (χ0) is 10.3. The topological polar surface area (TPSA) is 23.5 Å². The molecule has 0 aliphatic carbocycles. The van der Waals surface area contributed by atoms with Gasteiger partial charge in [0.25, 0.3) is 0 Å². The molecular weight excluding hydrogens is 162 g/mol. The van der Waals surface area contributed by atoms with E-state index in [2.05, 4.69) is 25.8 Å². The van der Waals surface area contributed by atoms with E-state index in [0.717, 1.165) is 13.0 Å². The van der Waals surface area contributed by atoms with Gasteiger partial charge in [-0.3, -0.25) is 0 Å². The molecule has 2 unspecified atom stereocenters. The molecule has 0 rings (SSSR count). The molecule has 2 nitrogen and oxygen atoms in total. The lowest BCUT2D eigenvalue weighted by atomic mass is 10.1. The maximum Gasteiger partial charge on any atom is 0.0689 e. The molecule has 1 N–H and O–H groups in total. The van der Waals surface area contributed by atoms with Crippen molar-refractivity contribution >= 4 is 0 Å². The van der Waals surface area contributed by atoms with Crippen LogP contribution in [-0.2, 0) is 0 Å². The average molecular weight is 187 g/mol. The molecule has 0 aliphatic heterocycles. The van der Waals surface area contributed by atoms with Crippen molar-refractivity contribution in [2.75, 3.05) is 13.6 Å². The van der Waals surface area contributed by atoms with Crippen molar-refractivity contribution in [3.63, 3.8) is 0 Å². The second-order valence-electron chi connectivity index (χ2n) is 3.90. The zero-order valence-corrected chi connectivity index (χ0v) is 9.58. The van der Waals surface area contributed by atoms with Crippen molar-refractivity contribution in [1.82, 2.24) is 4.90 Å². The quantitative estimate of drug-likeness (QED) is 0.618. The van der Waals surface area contributed by atoms with Crippen LogP contribution in [-0.4, -0.2) is 35.7 Å². The first kappa shape index (κ1) is 12.9. The van der Waals surface area contributed by atoms with Crippen LogP contribution in [0.3, 0.4) is 0 Å². The summed E-state index contributed by atoms with van der Waals surface area (Å²) in [6, 6.07) is 0.293. The van der Waals surface area contributed by atoms with E-state index in [9.17, 15) is 5.11 Å². The lowest BCUT2D eigenvalue weighted by molar-refractivity contribution is 0.0693. The lowest BCUT2D eigenvalue weighted by Crippen LogP contribution is -2.39. The van der Waals surface area contributed by atoms with Crippen LogP contribution in [0, 0.1) is 0 Å². The van der Waals surface area contributed by atoms with E-state index in [1.54, 1.807) is 0 Å². The lowest BCUT2D eigenvalue weighted by Gasteiger charge is -2.28. The van der Waals surface area contributed by atoms with Crippen molar-refractivity contribution in [1.29, 1.82) is 0 Å². The van der Waals surface area contributed by atoms with Gasteiger partial charge < -0.3 is 10.0 Å². The summed E-state index contributed by atoms with van der Waals surface area (Å²) in [5, 5.41) is 9.61. The summed E-state index contributed by atoms with van der Waals surface area (Å²) in [6.45, 7) is 7.44. The van der Waals surface area contributed by atoms with Gasteiger partial charge in [0, 0.05) is 6.04 Å². The summed E-state index contributed by atoms with van der Waals surface area (Å²) in [5.74, 6) is 0. The summed E-state index contributed by atoms with van der Waals surface area (Å²) in [4.78, 5) is 2.25. The smallest absolute Gasteiger partial charge is 0.0689 e. The third-order valence-electron chi connectivity index (χ3n) is 2.78. The SMILES string of the molecule is CCCCCN(C)C(C)C(O)CC. The molecule has 0 saturated carbocycles. The minimum absolute atomic E-state index is 0.174. The maximum atomic E-state index is 9.61. The minimum Gasteiger partial charge on any atom is -0.392 e. The normalized spacial score (nSPS) is 16.2. The highest BCUT2D eigenvalue weighted by Crippen LogP contribution is 2.07. The monoisotopic (exact) mass is 187 g/mol. The molecule has 80 valence electrons. The molecule has 0 aliphatic rings. The second kappa shape index (κ2) is 7.34. The van der Waals surface area contributed by atoms with Gasteiger partial charge in [-0.1, -0.05) is 26.7 Å². The van der Waals surface area contributed by atoms with Crippen molar-refractivity contribution < 1.29 is 5.11 Å². The van der Waals surface area contributed by atoms with E-state index in [1.165, 1.54) is 19.3 Å². The molecule has 0 bridgehead atoms. The van der Waals surface area contributed by atoms with Gasteiger partial charge in [0.15, 0.2) is 0 Å². The maximum absolute atomic E-state index is 9.61. The molecule has 2 heteroatoms. The molecule has 0 aromatic carbocycles. The largest absolute Gasteiger partial charge is 0.392 e. The molecule has 0 aromatic rings. The Kier molecular flexibility index (Phi) is 7.29. The fraction of sp³-hybridized carbons (Fsp3) is 1.00. The Labute approximate surface area is 82.9 Å². The van der Waals surface area contributed by atoms with Gasteiger partial charge >= 0.3 is 0 Å². The van der Waals surface area contributed by atoms with Gasteiger partial charge in [-0.05, 0) is 33.4 Å². The number of rotatable bonds is 7. The number of nitrogens with zero attached hydrogens (tertiary/aromatic N) is 1. The Morgan fingerprint density at radius 2 is 1.85 bits per heavy atom. The van der Waals surface area contributed by atoms with Crippen molar-refractivity contribution in [2.24, 2.45) is 0 Å². The highest BCUT2D eigenvalue weighted by atomic mass is 16.3. The summed E-state index contributed by atoms with van der Waals surface area (Å²) < 4.78 is 0. The zero-order valence-electron chi connectivity index (χ0n) is 9.58. The summed E-state index contributed by atoms with van der Waals surface area (Å²) in [6.07, 6.45) is 4.47. The molecule has 0 fully saturated rings. The number of likely N-dealkylation sites (N-methyl/N-ethyl adjacent to an activating group) is 1. The standard InChI is InChI=1S/C11H25NO/c1-5-7-8-9-12(4)10(3)11(13)6-2/h10-11,13H,5-9H2,1-4H3. The first-order chi connectivity index (χ1) is 6.13. The van der Waals surface area contributed by atoms with Gasteiger partial charge in [0.05, 0.1) is 6.10 Å². The van der Waals surface area contributed by atoms with E-state index in [4.69, 9.17) is 0 Å². The van der Waals surface area contributed by atoms with Gasteiger partial charge in [-0.25, -0.2) is 0 Å². The van der Waals surface area contributed by atoms with E-state index in [0.29, 0.717) is 6.04 Å². The summed E-state index contributed by atoms with van der Waals surface area (Å²) in [7, 11) is 2.10. The number of aliphatic hydroxyl groups excluding tert-OH is 1. The molecule has 0 heterocycles. The van der Waals surface area contributed by atoms with Gasteiger partial charge in [-0.15, -0.1) is 0 Å². The van der Waals surface area contributed by atoms with Crippen LogP contribution in [0.4, 0.5) is 0 Å². The van der Waals surface area contributed by atoms with Crippen molar-refractivity contribution in [3.8, 4) is 0 Å². The highest BCUT2D eigenvalue weighted by molar-refractivity contribution is 4.70. The van der Waals surface area contributed by atoms with Gasteiger partial charge in [-0.2, -0.15) is 0 Å². The first-order valence-corrected chi connectivity index (χ1v) is 5.51. The molecular formula is C11H25NO. The van der Waals surface area contributed by atoms with Crippen LogP contribution in [0.15, 0.2) is 0 Å². The van der Waals surface area contributed by atoms with Crippen LogP contribution >= 0.6 is 0 Å². The Hall–Kier alpha value is -0.0800. The third-order valence-corrected chi connectivity index (χ3v) is 2.78. The van der Waals surface area contributed by atoms with E-state index in [1.807, 2.05) is 6.92 Å². The number of hydrogen-bond donors (Lipinski definition) is 1. The number of hydrogen-bond acceptors (Lipinski definition) is 2. The molecule has 2 atom stereocenters. The van der Waals surface area contributed by atoms with Crippen LogP contribution < -0.4 is 0 Å². The predicted molar refractivity (Wildman–Crippen MR) is 57.9 cm³/mol. The third kappa shape index (κ3) is 5.27. The summed E-state index contributed by atoms with van der Waals surface area (Å²) >= 11 is 0. The van der Waals surface area contributed by atoms with Gasteiger partial charge in [0.2, 0.25) is 0 Å².